The standard InChI is InChI=1S/C11H6BrF3N2O2/c12-6-1-2-7(13)5(9(6)15)3-17-4-8(14)10(18)16-11(17)19/h1-2,4H,3H2,(H,16,18,19). The predicted octanol–water partition coefficient (Wildman–Crippen LogP) is 1.76. The summed E-state index contributed by atoms with van der Waals surface area (Å²) >= 11 is 2.88. The first-order valence-corrected chi connectivity index (χ1v) is 5.81. The monoisotopic (exact) mass is 334 g/mol. The van der Waals surface area contributed by atoms with Crippen LogP contribution in [0.25, 0.3) is 0 Å². The van der Waals surface area contributed by atoms with Gasteiger partial charge in [-0.2, -0.15) is 4.39 Å². The summed E-state index contributed by atoms with van der Waals surface area (Å²) in [6.45, 7) is -0.538. The second-order valence-corrected chi connectivity index (χ2v) is 4.54. The van der Waals surface area contributed by atoms with Gasteiger partial charge < -0.3 is 0 Å². The maximum Gasteiger partial charge on any atom is 0.328 e. The average Bonchev–Trinajstić information content (AvgIpc) is 2.36. The number of H-pyrrole nitrogens is 1. The van der Waals surface area contributed by atoms with Gasteiger partial charge in [0.05, 0.1) is 17.2 Å². The molecule has 19 heavy (non-hydrogen) atoms. The number of nitrogens with one attached hydrogen (secondary N) is 1. The third-order valence-electron chi connectivity index (χ3n) is 2.43. The van der Waals surface area contributed by atoms with E-state index in [9.17, 15) is 22.8 Å². The molecule has 4 nitrogen and oxygen atoms in total. The van der Waals surface area contributed by atoms with E-state index in [0.29, 0.717) is 10.8 Å². The van der Waals surface area contributed by atoms with Crippen LogP contribution in [0.5, 0.6) is 0 Å². The molecule has 8 heteroatoms. The molecule has 1 aromatic heterocycles. The van der Waals surface area contributed by atoms with Crippen molar-refractivity contribution in [1.82, 2.24) is 9.55 Å². The van der Waals surface area contributed by atoms with Crippen LogP contribution in [0.3, 0.4) is 0 Å². The number of hydrogen-bond acceptors (Lipinski definition) is 2. The van der Waals surface area contributed by atoms with Crippen LogP contribution in [0.2, 0.25) is 0 Å². The van der Waals surface area contributed by atoms with Gasteiger partial charge in [0, 0.05) is 5.56 Å². The minimum atomic E-state index is -1.21. The summed E-state index contributed by atoms with van der Waals surface area (Å²) in [4.78, 5) is 23.9. The van der Waals surface area contributed by atoms with E-state index in [2.05, 4.69) is 15.9 Å². The van der Waals surface area contributed by atoms with Crippen molar-refractivity contribution >= 4 is 15.9 Å². The molecule has 0 aliphatic rings. The highest BCUT2D eigenvalue weighted by Gasteiger charge is 2.14. The normalized spacial score (nSPS) is 10.7. The predicted molar refractivity (Wildman–Crippen MR) is 64.4 cm³/mol. The van der Waals surface area contributed by atoms with E-state index in [1.54, 1.807) is 4.98 Å². The van der Waals surface area contributed by atoms with Crippen LogP contribution in [0, 0.1) is 17.5 Å². The SMILES string of the molecule is O=c1[nH]c(=O)n(Cc2c(F)ccc(Br)c2F)cc1F. The molecular weight excluding hydrogens is 329 g/mol. The van der Waals surface area contributed by atoms with Crippen molar-refractivity contribution in [3.8, 4) is 0 Å². The first-order valence-electron chi connectivity index (χ1n) is 5.02. The largest absolute Gasteiger partial charge is 0.328 e. The average molecular weight is 335 g/mol. The van der Waals surface area contributed by atoms with Gasteiger partial charge in [-0.05, 0) is 28.1 Å². The maximum absolute atomic E-state index is 13.7. The zero-order chi connectivity index (χ0) is 14.2. The molecule has 1 aromatic carbocycles. The van der Waals surface area contributed by atoms with Crippen LogP contribution < -0.4 is 11.2 Å². The molecule has 0 amide bonds. The quantitative estimate of drug-likeness (QED) is 0.851. The molecule has 0 aliphatic carbocycles. The van der Waals surface area contributed by atoms with Crippen molar-refractivity contribution in [3.05, 3.63) is 66.7 Å². The van der Waals surface area contributed by atoms with Gasteiger partial charge in [-0.25, -0.2) is 13.6 Å². The summed E-state index contributed by atoms with van der Waals surface area (Å²) in [6, 6.07) is 2.18. The number of rotatable bonds is 2. The Morgan fingerprint density at radius 1 is 1.16 bits per heavy atom. The van der Waals surface area contributed by atoms with Crippen molar-refractivity contribution in [2.45, 2.75) is 6.54 Å². The highest BCUT2D eigenvalue weighted by molar-refractivity contribution is 9.10. The summed E-state index contributed by atoms with van der Waals surface area (Å²) in [7, 11) is 0. The molecule has 1 heterocycles. The topological polar surface area (TPSA) is 54.9 Å². The fourth-order valence-electron chi connectivity index (χ4n) is 1.48. The Morgan fingerprint density at radius 2 is 1.84 bits per heavy atom. The van der Waals surface area contributed by atoms with Gasteiger partial charge in [0.2, 0.25) is 5.82 Å². The minimum absolute atomic E-state index is 0.0156. The second-order valence-electron chi connectivity index (χ2n) is 3.69. The molecule has 2 aromatic rings. The van der Waals surface area contributed by atoms with Gasteiger partial charge in [0.25, 0.3) is 5.56 Å². The first kappa shape index (κ1) is 13.6. The van der Waals surface area contributed by atoms with Crippen LogP contribution in [-0.4, -0.2) is 9.55 Å². The Bertz CT molecular complexity index is 755. The lowest BCUT2D eigenvalue weighted by atomic mass is 10.2. The van der Waals surface area contributed by atoms with E-state index in [1.807, 2.05) is 0 Å². The summed E-state index contributed by atoms with van der Waals surface area (Å²) in [5, 5.41) is 0. The summed E-state index contributed by atoms with van der Waals surface area (Å²) in [6.07, 6.45) is 0.598. The van der Waals surface area contributed by atoms with Crippen molar-refractivity contribution in [2.75, 3.05) is 0 Å². The van der Waals surface area contributed by atoms with Crippen molar-refractivity contribution in [1.29, 1.82) is 0 Å². The Morgan fingerprint density at radius 3 is 2.53 bits per heavy atom. The molecule has 0 spiro atoms. The van der Waals surface area contributed by atoms with E-state index in [1.165, 1.54) is 6.07 Å². The minimum Gasteiger partial charge on any atom is -0.293 e. The molecule has 0 saturated carbocycles. The van der Waals surface area contributed by atoms with Crippen LogP contribution in [0.15, 0.2) is 32.4 Å². The Balaban J connectivity index is 2.54. The number of hydrogen-bond donors (Lipinski definition) is 1. The molecular formula is C11H6BrF3N2O2. The molecule has 0 atom stereocenters. The van der Waals surface area contributed by atoms with Gasteiger partial charge in [0.1, 0.15) is 11.6 Å². The van der Waals surface area contributed by atoms with Crippen LogP contribution in [-0.2, 0) is 6.54 Å². The van der Waals surface area contributed by atoms with E-state index >= 15 is 0 Å². The highest BCUT2D eigenvalue weighted by atomic mass is 79.9. The summed E-state index contributed by atoms with van der Waals surface area (Å²) < 4.78 is 40.9. The molecule has 2 rings (SSSR count). The maximum atomic E-state index is 13.7. The van der Waals surface area contributed by atoms with Gasteiger partial charge in [0.15, 0.2) is 0 Å². The zero-order valence-corrected chi connectivity index (χ0v) is 10.8. The third-order valence-corrected chi connectivity index (χ3v) is 3.05. The van der Waals surface area contributed by atoms with Crippen molar-refractivity contribution in [3.63, 3.8) is 0 Å². The van der Waals surface area contributed by atoms with Crippen LogP contribution >= 0.6 is 15.9 Å². The summed E-state index contributed by atoms with van der Waals surface area (Å²) in [5.41, 5.74) is -2.55. The van der Waals surface area contributed by atoms with Gasteiger partial charge in [-0.1, -0.05) is 0 Å². The number of halogens is 4. The van der Waals surface area contributed by atoms with E-state index in [-0.39, 0.29) is 4.47 Å². The molecule has 1 N–H and O–H groups in total. The Labute approximate surface area is 112 Å². The highest BCUT2D eigenvalue weighted by Crippen LogP contribution is 2.21. The smallest absolute Gasteiger partial charge is 0.293 e. The van der Waals surface area contributed by atoms with Crippen molar-refractivity contribution < 1.29 is 13.2 Å². The number of nitrogens with zero attached hydrogens (tertiary/aromatic N) is 1. The van der Waals surface area contributed by atoms with Gasteiger partial charge >= 0.3 is 5.69 Å². The fourth-order valence-corrected chi connectivity index (χ4v) is 1.86. The molecule has 0 aliphatic heterocycles. The molecule has 0 bridgehead atoms. The second kappa shape index (κ2) is 5.04. The first-order chi connectivity index (χ1) is 8.90. The number of aromatic nitrogens is 2. The third kappa shape index (κ3) is 2.62. The van der Waals surface area contributed by atoms with E-state index < -0.39 is 40.8 Å². The van der Waals surface area contributed by atoms with Crippen LogP contribution in [0.4, 0.5) is 13.2 Å². The fraction of sp³-hybridized carbons (Fsp3) is 0.0909. The van der Waals surface area contributed by atoms with Crippen molar-refractivity contribution in [2.24, 2.45) is 0 Å². The molecule has 100 valence electrons. The van der Waals surface area contributed by atoms with Gasteiger partial charge in [-0.15, -0.1) is 0 Å². The van der Waals surface area contributed by atoms with E-state index in [0.717, 1.165) is 6.07 Å². The molecule has 0 radical (unpaired) electrons. The van der Waals surface area contributed by atoms with Gasteiger partial charge in [-0.3, -0.25) is 14.3 Å². The number of benzene rings is 1. The summed E-state index contributed by atoms with van der Waals surface area (Å²) in [5.74, 6) is -2.98. The lowest BCUT2D eigenvalue weighted by Crippen LogP contribution is -2.32. The lowest BCUT2D eigenvalue weighted by molar-refractivity contribution is 0.522. The molecule has 0 fully saturated rings. The Hall–Kier alpha value is -1.83. The zero-order valence-electron chi connectivity index (χ0n) is 9.21. The number of aromatic amines is 1. The molecule has 0 saturated heterocycles. The van der Waals surface area contributed by atoms with E-state index in [4.69, 9.17) is 0 Å². The Kier molecular flexibility index (Phi) is 3.61. The van der Waals surface area contributed by atoms with Crippen LogP contribution in [0.1, 0.15) is 5.56 Å². The molecule has 0 unspecified atom stereocenters. The lowest BCUT2D eigenvalue weighted by Gasteiger charge is -2.08.